The molecule has 2 aromatic rings. The molecule has 6 heteroatoms. The molecule has 5 nitrogen and oxygen atoms in total. The Kier molecular flexibility index (Phi) is 6.29. The number of carbonyl (C=O) groups excluding carboxylic acids is 1. The van der Waals surface area contributed by atoms with Crippen molar-refractivity contribution < 1.29 is 9.18 Å². The van der Waals surface area contributed by atoms with E-state index in [1.807, 2.05) is 42.2 Å². The molecule has 1 saturated heterocycles. The van der Waals surface area contributed by atoms with Crippen LogP contribution in [0.15, 0.2) is 47.5 Å². The second-order valence-electron chi connectivity index (χ2n) is 7.12. The van der Waals surface area contributed by atoms with Gasteiger partial charge in [-0.15, -0.1) is 0 Å². The van der Waals surface area contributed by atoms with Gasteiger partial charge in [0, 0.05) is 32.2 Å². The Labute approximate surface area is 165 Å². The van der Waals surface area contributed by atoms with E-state index in [1.54, 1.807) is 26.1 Å². The molecule has 1 atom stereocenters. The molecule has 1 amide bonds. The summed E-state index contributed by atoms with van der Waals surface area (Å²) in [6.45, 7) is 5.12. The van der Waals surface area contributed by atoms with E-state index >= 15 is 0 Å². The first-order valence-electron chi connectivity index (χ1n) is 9.60. The number of guanidine groups is 1. The zero-order valence-corrected chi connectivity index (χ0v) is 16.6. The number of benzene rings is 2. The SMILES string of the molecule is CN=C(NCc1ccc(N2CCCC2=O)cc1)NC(C)c1ccc(C)c(F)c1. The molecule has 0 bridgehead atoms. The van der Waals surface area contributed by atoms with Gasteiger partial charge in [0.15, 0.2) is 5.96 Å². The van der Waals surface area contributed by atoms with E-state index in [4.69, 9.17) is 0 Å². The summed E-state index contributed by atoms with van der Waals surface area (Å²) in [5.41, 5.74) is 3.54. The molecule has 2 aromatic carbocycles. The Morgan fingerprint density at radius 2 is 2.00 bits per heavy atom. The highest BCUT2D eigenvalue weighted by molar-refractivity contribution is 5.95. The van der Waals surface area contributed by atoms with Crippen LogP contribution in [0.2, 0.25) is 0 Å². The number of aliphatic imine (C=N–C) groups is 1. The van der Waals surface area contributed by atoms with Crippen LogP contribution in [-0.4, -0.2) is 25.5 Å². The third kappa shape index (κ3) is 4.68. The first kappa shape index (κ1) is 19.9. The van der Waals surface area contributed by atoms with Crippen molar-refractivity contribution in [2.75, 3.05) is 18.5 Å². The molecule has 28 heavy (non-hydrogen) atoms. The third-order valence-corrected chi connectivity index (χ3v) is 5.05. The number of carbonyl (C=O) groups is 1. The van der Waals surface area contributed by atoms with Crippen LogP contribution < -0.4 is 15.5 Å². The van der Waals surface area contributed by atoms with Crippen LogP contribution in [0.5, 0.6) is 0 Å². The third-order valence-electron chi connectivity index (χ3n) is 5.05. The lowest BCUT2D eigenvalue weighted by Crippen LogP contribution is -2.38. The molecular formula is C22H27FN4O. The summed E-state index contributed by atoms with van der Waals surface area (Å²) < 4.78 is 13.8. The first-order chi connectivity index (χ1) is 13.5. The Balaban J connectivity index is 1.56. The lowest BCUT2D eigenvalue weighted by atomic mass is 10.1. The number of hydrogen-bond donors (Lipinski definition) is 2. The van der Waals surface area contributed by atoms with Gasteiger partial charge in [-0.05, 0) is 55.2 Å². The van der Waals surface area contributed by atoms with Crippen LogP contribution in [0.4, 0.5) is 10.1 Å². The Bertz CT molecular complexity index is 863. The van der Waals surface area contributed by atoms with Crippen molar-refractivity contribution in [3.8, 4) is 0 Å². The molecule has 1 heterocycles. The van der Waals surface area contributed by atoms with Gasteiger partial charge in [-0.2, -0.15) is 0 Å². The summed E-state index contributed by atoms with van der Waals surface area (Å²) in [5, 5.41) is 6.56. The topological polar surface area (TPSA) is 56.7 Å². The van der Waals surface area contributed by atoms with Gasteiger partial charge in [-0.1, -0.05) is 24.3 Å². The first-order valence-corrected chi connectivity index (χ1v) is 9.60. The van der Waals surface area contributed by atoms with Gasteiger partial charge in [0.1, 0.15) is 5.82 Å². The zero-order valence-electron chi connectivity index (χ0n) is 16.6. The van der Waals surface area contributed by atoms with Gasteiger partial charge in [-0.3, -0.25) is 9.79 Å². The standard InChI is InChI=1S/C22H27FN4O/c1-15-6-9-18(13-20(15)23)16(2)26-22(24-3)25-14-17-7-10-19(11-8-17)27-12-4-5-21(27)28/h6-11,13,16H,4-5,12,14H2,1-3H3,(H2,24,25,26). The van der Waals surface area contributed by atoms with E-state index in [1.165, 1.54) is 0 Å². The van der Waals surface area contributed by atoms with Crippen molar-refractivity contribution in [3.63, 3.8) is 0 Å². The highest BCUT2D eigenvalue weighted by atomic mass is 19.1. The largest absolute Gasteiger partial charge is 0.352 e. The average molecular weight is 382 g/mol. The zero-order chi connectivity index (χ0) is 20.1. The maximum atomic E-state index is 13.8. The number of nitrogens with one attached hydrogen (secondary N) is 2. The number of halogens is 1. The molecule has 148 valence electrons. The number of rotatable bonds is 5. The average Bonchev–Trinajstić information content (AvgIpc) is 3.13. The van der Waals surface area contributed by atoms with Crippen LogP contribution >= 0.6 is 0 Å². The van der Waals surface area contributed by atoms with Crippen LogP contribution in [0.1, 0.15) is 42.5 Å². The molecule has 1 aliphatic rings. The van der Waals surface area contributed by atoms with E-state index in [0.717, 1.165) is 29.8 Å². The summed E-state index contributed by atoms with van der Waals surface area (Å²) in [5.74, 6) is 0.634. The van der Waals surface area contributed by atoms with Gasteiger partial charge in [0.05, 0.1) is 6.04 Å². The van der Waals surface area contributed by atoms with Crippen LogP contribution in [-0.2, 0) is 11.3 Å². The fraction of sp³-hybridized carbons (Fsp3) is 0.364. The smallest absolute Gasteiger partial charge is 0.227 e. The Morgan fingerprint density at radius 1 is 1.25 bits per heavy atom. The van der Waals surface area contributed by atoms with E-state index < -0.39 is 0 Å². The molecule has 0 aromatic heterocycles. The van der Waals surface area contributed by atoms with Crippen molar-refractivity contribution in [3.05, 3.63) is 65.0 Å². The predicted octanol–water partition coefficient (Wildman–Crippen LogP) is 3.69. The van der Waals surface area contributed by atoms with Gasteiger partial charge >= 0.3 is 0 Å². The number of amides is 1. The summed E-state index contributed by atoms with van der Waals surface area (Å²) >= 11 is 0. The lowest BCUT2D eigenvalue weighted by molar-refractivity contribution is -0.117. The minimum absolute atomic E-state index is 0.0788. The predicted molar refractivity (Wildman–Crippen MR) is 111 cm³/mol. The molecule has 0 spiro atoms. The number of anilines is 1. The number of hydrogen-bond acceptors (Lipinski definition) is 2. The monoisotopic (exact) mass is 382 g/mol. The molecule has 0 aliphatic carbocycles. The van der Waals surface area contributed by atoms with Gasteiger partial charge in [-0.25, -0.2) is 4.39 Å². The Morgan fingerprint density at radius 3 is 2.61 bits per heavy atom. The van der Waals surface area contributed by atoms with Crippen molar-refractivity contribution in [2.45, 2.75) is 39.3 Å². The van der Waals surface area contributed by atoms with E-state index in [2.05, 4.69) is 15.6 Å². The minimum atomic E-state index is -0.203. The molecular weight excluding hydrogens is 355 g/mol. The molecule has 0 saturated carbocycles. The summed E-state index contributed by atoms with van der Waals surface area (Å²) in [7, 11) is 1.71. The lowest BCUT2D eigenvalue weighted by Gasteiger charge is -2.19. The van der Waals surface area contributed by atoms with Crippen molar-refractivity contribution in [1.29, 1.82) is 0 Å². The molecule has 1 aliphatic heterocycles. The van der Waals surface area contributed by atoms with Crippen LogP contribution in [0, 0.1) is 12.7 Å². The molecule has 1 fully saturated rings. The molecule has 0 radical (unpaired) electrons. The maximum Gasteiger partial charge on any atom is 0.227 e. The fourth-order valence-electron chi connectivity index (χ4n) is 3.26. The highest BCUT2D eigenvalue weighted by Crippen LogP contribution is 2.21. The van der Waals surface area contributed by atoms with Crippen LogP contribution in [0.25, 0.3) is 0 Å². The molecule has 2 N–H and O–H groups in total. The number of aryl methyl sites for hydroxylation is 1. The van der Waals surface area contributed by atoms with Crippen molar-refractivity contribution >= 4 is 17.6 Å². The molecule has 1 unspecified atom stereocenters. The minimum Gasteiger partial charge on any atom is -0.352 e. The quantitative estimate of drug-likeness (QED) is 0.613. The molecule has 3 rings (SSSR count). The summed E-state index contributed by atoms with van der Waals surface area (Å²) in [6, 6.07) is 13.2. The van der Waals surface area contributed by atoms with E-state index in [0.29, 0.717) is 24.5 Å². The fourth-order valence-corrected chi connectivity index (χ4v) is 3.26. The maximum absolute atomic E-state index is 13.8. The van der Waals surface area contributed by atoms with Crippen molar-refractivity contribution in [2.24, 2.45) is 4.99 Å². The van der Waals surface area contributed by atoms with E-state index in [-0.39, 0.29) is 17.8 Å². The Hall–Kier alpha value is -2.89. The van der Waals surface area contributed by atoms with Gasteiger partial charge in [0.25, 0.3) is 0 Å². The van der Waals surface area contributed by atoms with Gasteiger partial charge in [0.2, 0.25) is 5.91 Å². The second-order valence-corrected chi connectivity index (χ2v) is 7.12. The van der Waals surface area contributed by atoms with Crippen LogP contribution in [0.3, 0.4) is 0 Å². The van der Waals surface area contributed by atoms with Crippen molar-refractivity contribution in [1.82, 2.24) is 10.6 Å². The summed E-state index contributed by atoms with van der Waals surface area (Å²) in [4.78, 5) is 17.9. The second kappa shape index (κ2) is 8.87. The highest BCUT2D eigenvalue weighted by Gasteiger charge is 2.21. The van der Waals surface area contributed by atoms with Gasteiger partial charge < -0.3 is 15.5 Å². The normalized spacial score (nSPS) is 15.6. The number of nitrogens with zero attached hydrogens (tertiary/aromatic N) is 2. The van der Waals surface area contributed by atoms with E-state index in [9.17, 15) is 9.18 Å². The summed E-state index contributed by atoms with van der Waals surface area (Å²) in [6.07, 6.45) is 1.56.